The second-order valence-electron chi connectivity index (χ2n) is 3.97. The summed E-state index contributed by atoms with van der Waals surface area (Å²) < 4.78 is 22.5. The SMILES string of the molecule is CC(N)c1n[nH]c(C2CCS(=O)(=O)C2)n1. The van der Waals surface area contributed by atoms with Crippen molar-refractivity contribution < 1.29 is 8.42 Å². The molecule has 84 valence electrons. The average molecular weight is 230 g/mol. The van der Waals surface area contributed by atoms with Gasteiger partial charge in [-0.05, 0) is 13.3 Å². The standard InChI is InChI=1S/C8H14N4O2S/c1-5(9)7-10-8(12-11-7)6-2-3-15(13,14)4-6/h5-6H,2-4,9H2,1H3,(H,10,11,12). The van der Waals surface area contributed by atoms with Crippen LogP contribution in [0.1, 0.15) is 37.0 Å². The first-order chi connectivity index (χ1) is 6.98. The summed E-state index contributed by atoms with van der Waals surface area (Å²) in [4.78, 5) is 4.20. The predicted octanol–water partition coefficient (Wildman–Crippen LogP) is -0.273. The first kappa shape index (κ1) is 10.6. The van der Waals surface area contributed by atoms with Gasteiger partial charge in [0.25, 0.3) is 0 Å². The van der Waals surface area contributed by atoms with Crippen LogP contribution in [0.4, 0.5) is 0 Å². The van der Waals surface area contributed by atoms with Crippen molar-refractivity contribution in [1.82, 2.24) is 15.2 Å². The molecule has 1 fully saturated rings. The molecule has 0 aromatic carbocycles. The molecule has 0 spiro atoms. The monoisotopic (exact) mass is 230 g/mol. The molecule has 6 nitrogen and oxygen atoms in total. The summed E-state index contributed by atoms with van der Waals surface area (Å²) in [5, 5.41) is 6.71. The van der Waals surface area contributed by atoms with E-state index in [-0.39, 0.29) is 23.5 Å². The van der Waals surface area contributed by atoms with E-state index in [1.165, 1.54) is 0 Å². The molecule has 1 aliphatic heterocycles. The molecule has 2 heterocycles. The van der Waals surface area contributed by atoms with Crippen molar-refractivity contribution in [1.29, 1.82) is 0 Å². The fourth-order valence-electron chi connectivity index (χ4n) is 1.68. The Morgan fingerprint density at radius 2 is 2.33 bits per heavy atom. The van der Waals surface area contributed by atoms with Gasteiger partial charge in [0.15, 0.2) is 15.7 Å². The Morgan fingerprint density at radius 1 is 1.60 bits per heavy atom. The van der Waals surface area contributed by atoms with Crippen LogP contribution in [0.15, 0.2) is 0 Å². The van der Waals surface area contributed by atoms with Crippen molar-refractivity contribution in [2.45, 2.75) is 25.3 Å². The number of nitrogens with two attached hydrogens (primary N) is 1. The maximum absolute atomic E-state index is 11.3. The molecule has 0 bridgehead atoms. The van der Waals surface area contributed by atoms with Gasteiger partial charge in [-0.25, -0.2) is 13.4 Å². The van der Waals surface area contributed by atoms with Gasteiger partial charge >= 0.3 is 0 Å². The number of aromatic nitrogens is 3. The van der Waals surface area contributed by atoms with Crippen LogP contribution in [-0.4, -0.2) is 35.1 Å². The molecule has 0 radical (unpaired) electrons. The molecule has 3 N–H and O–H groups in total. The predicted molar refractivity (Wildman–Crippen MR) is 55.0 cm³/mol. The van der Waals surface area contributed by atoms with E-state index >= 15 is 0 Å². The topological polar surface area (TPSA) is 102 Å². The van der Waals surface area contributed by atoms with Crippen LogP contribution >= 0.6 is 0 Å². The minimum atomic E-state index is -2.87. The van der Waals surface area contributed by atoms with Crippen molar-refractivity contribution in [3.63, 3.8) is 0 Å². The van der Waals surface area contributed by atoms with Gasteiger partial charge in [0.05, 0.1) is 17.5 Å². The van der Waals surface area contributed by atoms with Gasteiger partial charge in [0, 0.05) is 5.92 Å². The number of hydrogen-bond donors (Lipinski definition) is 2. The number of rotatable bonds is 2. The third-order valence-corrected chi connectivity index (χ3v) is 4.31. The van der Waals surface area contributed by atoms with Gasteiger partial charge in [-0.1, -0.05) is 0 Å². The number of nitrogens with zero attached hydrogens (tertiary/aromatic N) is 2. The van der Waals surface area contributed by atoms with Crippen LogP contribution < -0.4 is 5.73 Å². The van der Waals surface area contributed by atoms with Crippen LogP contribution in [-0.2, 0) is 9.84 Å². The fraction of sp³-hybridized carbons (Fsp3) is 0.750. The number of nitrogens with one attached hydrogen (secondary N) is 1. The Bertz CT molecular complexity index is 451. The van der Waals surface area contributed by atoms with E-state index < -0.39 is 9.84 Å². The summed E-state index contributed by atoms with van der Waals surface area (Å²) in [6.07, 6.45) is 0.621. The van der Waals surface area contributed by atoms with Gasteiger partial charge in [-0.2, -0.15) is 5.10 Å². The summed E-state index contributed by atoms with van der Waals surface area (Å²) in [6.45, 7) is 1.79. The van der Waals surface area contributed by atoms with Crippen molar-refractivity contribution in [2.24, 2.45) is 5.73 Å². The Hall–Kier alpha value is -0.950. The summed E-state index contributed by atoms with van der Waals surface area (Å²) in [6, 6.07) is -0.229. The van der Waals surface area contributed by atoms with E-state index in [0.29, 0.717) is 18.1 Å². The van der Waals surface area contributed by atoms with E-state index in [9.17, 15) is 8.42 Å². The molecule has 0 aliphatic carbocycles. The molecule has 1 saturated heterocycles. The number of H-pyrrole nitrogens is 1. The summed E-state index contributed by atoms with van der Waals surface area (Å²) in [7, 11) is -2.87. The van der Waals surface area contributed by atoms with E-state index in [4.69, 9.17) is 5.73 Å². The molecular formula is C8H14N4O2S. The molecular weight excluding hydrogens is 216 g/mol. The van der Waals surface area contributed by atoms with E-state index in [0.717, 1.165) is 0 Å². The maximum atomic E-state index is 11.3. The fourth-order valence-corrected chi connectivity index (χ4v) is 3.43. The molecule has 1 aromatic rings. The molecule has 0 amide bonds. The largest absolute Gasteiger partial charge is 0.321 e. The second kappa shape index (κ2) is 3.57. The van der Waals surface area contributed by atoms with Crippen molar-refractivity contribution >= 4 is 9.84 Å². The van der Waals surface area contributed by atoms with Crippen LogP contribution in [0.25, 0.3) is 0 Å². The van der Waals surface area contributed by atoms with Gasteiger partial charge in [0.2, 0.25) is 0 Å². The maximum Gasteiger partial charge on any atom is 0.167 e. The number of sulfone groups is 1. The number of aromatic amines is 1. The summed E-state index contributed by atoms with van der Waals surface area (Å²) >= 11 is 0. The van der Waals surface area contributed by atoms with Crippen LogP contribution in [0.2, 0.25) is 0 Å². The highest BCUT2D eigenvalue weighted by Gasteiger charge is 2.31. The average Bonchev–Trinajstić information content (AvgIpc) is 2.70. The smallest absolute Gasteiger partial charge is 0.167 e. The lowest BCUT2D eigenvalue weighted by molar-refractivity contribution is 0.601. The highest BCUT2D eigenvalue weighted by atomic mass is 32.2. The minimum Gasteiger partial charge on any atom is -0.321 e. The zero-order valence-corrected chi connectivity index (χ0v) is 9.29. The Labute approximate surface area is 88.2 Å². The van der Waals surface area contributed by atoms with E-state index in [1.807, 2.05) is 0 Å². The Morgan fingerprint density at radius 3 is 2.80 bits per heavy atom. The molecule has 2 atom stereocenters. The third kappa shape index (κ3) is 2.18. The number of hydrogen-bond acceptors (Lipinski definition) is 5. The second-order valence-corrected chi connectivity index (χ2v) is 6.20. The highest BCUT2D eigenvalue weighted by molar-refractivity contribution is 7.91. The Kier molecular flexibility index (Phi) is 2.51. The third-order valence-electron chi connectivity index (χ3n) is 2.55. The first-order valence-corrected chi connectivity index (χ1v) is 6.68. The van der Waals surface area contributed by atoms with Gasteiger partial charge < -0.3 is 5.73 Å². The molecule has 0 saturated carbocycles. The van der Waals surface area contributed by atoms with Gasteiger partial charge in [-0.3, -0.25) is 5.10 Å². The van der Waals surface area contributed by atoms with Crippen LogP contribution in [0, 0.1) is 0 Å². The molecule has 1 aromatic heterocycles. The van der Waals surface area contributed by atoms with Crippen molar-refractivity contribution in [3.05, 3.63) is 11.6 Å². The van der Waals surface area contributed by atoms with Crippen molar-refractivity contribution in [2.75, 3.05) is 11.5 Å². The zero-order chi connectivity index (χ0) is 11.1. The van der Waals surface area contributed by atoms with Crippen molar-refractivity contribution in [3.8, 4) is 0 Å². The quantitative estimate of drug-likeness (QED) is 0.728. The lowest BCUT2D eigenvalue weighted by atomic mass is 10.1. The molecule has 2 unspecified atom stereocenters. The minimum absolute atomic E-state index is 0.0463. The first-order valence-electron chi connectivity index (χ1n) is 4.86. The van der Waals surface area contributed by atoms with Crippen LogP contribution in [0.5, 0.6) is 0 Å². The highest BCUT2D eigenvalue weighted by Crippen LogP contribution is 2.26. The molecule has 2 rings (SSSR count). The lowest BCUT2D eigenvalue weighted by Crippen LogP contribution is -2.08. The van der Waals surface area contributed by atoms with Gasteiger partial charge in [-0.15, -0.1) is 0 Å². The molecule has 1 aliphatic rings. The van der Waals surface area contributed by atoms with Crippen LogP contribution in [0.3, 0.4) is 0 Å². The lowest BCUT2D eigenvalue weighted by Gasteiger charge is -2.01. The Balaban J connectivity index is 2.17. The molecule has 7 heteroatoms. The zero-order valence-electron chi connectivity index (χ0n) is 8.47. The van der Waals surface area contributed by atoms with E-state index in [2.05, 4.69) is 15.2 Å². The summed E-state index contributed by atoms with van der Waals surface area (Å²) in [5.41, 5.74) is 5.62. The summed E-state index contributed by atoms with van der Waals surface area (Å²) in [5.74, 6) is 1.54. The van der Waals surface area contributed by atoms with E-state index in [1.54, 1.807) is 6.92 Å². The molecule has 15 heavy (non-hydrogen) atoms. The van der Waals surface area contributed by atoms with Gasteiger partial charge in [0.1, 0.15) is 5.82 Å². The normalized spacial score (nSPS) is 26.7.